The molecule has 0 heterocycles. The molecule has 0 aliphatic heterocycles. The van der Waals surface area contributed by atoms with Crippen LogP contribution in [0.1, 0.15) is 32.1 Å². The lowest BCUT2D eigenvalue weighted by molar-refractivity contribution is -0.119. The Morgan fingerprint density at radius 3 is 2.53 bits per heavy atom. The minimum absolute atomic E-state index is 0.00634. The van der Waals surface area contributed by atoms with Crippen LogP contribution in [0.5, 0.6) is 0 Å². The summed E-state index contributed by atoms with van der Waals surface area (Å²) >= 11 is 0. The summed E-state index contributed by atoms with van der Waals surface area (Å²) in [5, 5.41) is 8.01. The molecule has 0 atom stereocenters. The van der Waals surface area contributed by atoms with Crippen molar-refractivity contribution >= 4 is 11.9 Å². The maximum absolute atomic E-state index is 11.5. The van der Waals surface area contributed by atoms with E-state index in [1.54, 1.807) is 6.08 Å². The number of hydrogen-bond donors (Lipinski definition) is 3. The Morgan fingerprint density at radius 2 is 1.88 bits per heavy atom. The van der Waals surface area contributed by atoms with Crippen LogP contribution in [-0.4, -0.2) is 31.1 Å². The molecule has 0 unspecified atom stereocenters. The third-order valence-electron chi connectivity index (χ3n) is 2.79. The summed E-state index contributed by atoms with van der Waals surface area (Å²) in [6.07, 6.45) is 7.27. The van der Waals surface area contributed by atoms with E-state index in [0.717, 1.165) is 12.8 Å². The quantitative estimate of drug-likeness (QED) is 0.624. The number of hydrogen-bond acceptors (Lipinski definition) is 2. The average Bonchev–Trinajstić information content (AvgIpc) is 2.35. The zero-order valence-electron chi connectivity index (χ0n) is 10.1. The van der Waals surface area contributed by atoms with Crippen LogP contribution in [0.4, 0.5) is 4.79 Å². The summed E-state index contributed by atoms with van der Waals surface area (Å²) < 4.78 is 0. The standard InChI is InChI=1S/C12H21N3O2/c1-2-8-13-11(16)9-14-12(17)15-10-6-4-3-5-7-10/h2,10H,1,3-9H2,(H,13,16)(H2,14,15,17). The molecule has 96 valence electrons. The summed E-state index contributed by atoms with van der Waals surface area (Å²) in [5.41, 5.74) is 0. The van der Waals surface area contributed by atoms with Crippen LogP contribution >= 0.6 is 0 Å². The number of amides is 3. The lowest BCUT2D eigenvalue weighted by Gasteiger charge is -2.22. The first-order valence-corrected chi connectivity index (χ1v) is 6.14. The molecule has 5 heteroatoms. The van der Waals surface area contributed by atoms with E-state index in [1.807, 2.05) is 0 Å². The van der Waals surface area contributed by atoms with Crippen LogP contribution in [-0.2, 0) is 4.79 Å². The van der Waals surface area contributed by atoms with Gasteiger partial charge in [0, 0.05) is 12.6 Å². The number of rotatable bonds is 5. The van der Waals surface area contributed by atoms with Gasteiger partial charge < -0.3 is 16.0 Å². The van der Waals surface area contributed by atoms with Crippen LogP contribution in [0.3, 0.4) is 0 Å². The van der Waals surface area contributed by atoms with Crippen molar-refractivity contribution in [2.24, 2.45) is 0 Å². The third kappa shape index (κ3) is 5.94. The molecule has 0 radical (unpaired) electrons. The molecule has 3 amide bonds. The van der Waals surface area contributed by atoms with E-state index in [1.165, 1.54) is 19.3 Å². The van der Waals surface area contributed by atoms with Crippen LogP contribution in [0.2, 0.25) is 0 Å². The number of urea groups is 1. The minimum atomic E-state index is -0.259. The predicted molar refractivity (Wildman–Crippen MR) is 66.6 cm³/mol. The van der Waals surface area contributed by atoms with Gasteiger partial charge in [-0.1, -0.05) is 25.3 Å². The summed E-state index contributed by atoms with van der Waals surface area (Å²) in [5.74, 6) is -0.205. The first-order valence-electron chi connectivity index (χ1n) is 6.14. The smallest absolute Gasteiger partial charge is 0.315 e. The van der Waals surface area contributed by atoms with E-state index in [0.29, 0.717) is 6.54 Å². The molecular formula is C12H21N3O2. The highest BCUT2D eigenvalue weighted by Gasteiger charge is 2.15. The van der Waals surface area contributed by atoms with E-state index in [2.05, 4.69) is 22.5 Å². The Bertz CT molecular complexity index is 273. The van der Waals surface area contributed by atoms with Gasteiger partial charge >= 0.3 is 6.03 Å². The van der Waals surface area contributed by atoms with Crippen molar-refractivity contribution in [2.75, 3.05) is 13.1 Å². The van der Waals surface area contributed by atoms with Crippen molar-refractivity contribution < 1.29 is 9.59 Å². The predicted octanol–water partition coefficient (Wildman–Crippen LogP) is 0.920. The average molecular weight is 239 g/mol. The monoisotopic (exact) mass is 239 g/mol. The van der Waals surface area contributed by atoms with Gasteiger partial charge in [0.15, 0.2) is 0 Å². The molecule has 0 saturated heterocycles. The Morgan fingerprint density at radius 1 is 1.18 bits per heavy atom. The first kappa shape index (κ1) is 13.5. The topological polar surface area (TPSA) is 70.2 Å². The number of nitrogens with one attached hydrogen (secondary N) is 3. The van der Waals surface area contributed by atoms with Gasteiger partial charge in [-0.05, 0) is 12.8 Å². The van der Waals surface area contributed by atoms with Gasteiger partial charge in [0.2, 0.25) is 5.91 Å². The van der Waals surface area contributed by atoms with Gasteiger partial charge in [-0.25, -0.2) is 4.79 Å². The van der Waals surface area contributed by atoms with Crippen molar-refractivity contribution in [3.05, 3.63) is 12.7 Å². The highest BCUT2D eigenvalue weighted by atomic mass is 16.2. The van der Waals surface area contributed by atoms with E-state index in [9.17, 15) is 9.59 Å². The van der Waals surface area contributed by atoms with E-state index in [4.69, 9.17) is 0 Å². The molecule has 1 aliphatic rings. The molecule has 0 aromatic heterocycles. The second-order valence-electron chi connectivity index (χ2n) is 4.25. The SMILES string of the molecule is C=CCNC(=O)CNC(=O)NC1CCCCC1. The Labute approximate surface area is 102 Å². The van der Waals surface area contributed by atoms with Crippen molar-refractivity contribution in [2.45, 2.75) is 38.1 Å². The number of carbonyl (C=O) groups is 2. The van der Waals surface area contributed by atoms with Gasteiger partial charge in [0.05, 0.1) is 6.54 Å². The largest absolute Gasteiger partial charge is 0.351 e. The number of carbonyl (C=O) groups excluding carboxylic acids is 2. The van der Waals surface area contributed by atoms with Crippen LogP contribution in [0.25, 0.3) is 0 Å². The van der Waals surface area contributed by atoms with Gasteiger partial charge in [-0.2, -0.15) is 0 Å². The molecule has 0 bridgehead atoms. The van der Waals surface area contributed by atoms with Gasteiger partial charge in [-0.3, -0.25) is 4.79 Å². The molecule has 1 fully saturated rings. The highest BCUT2D eigenvalue weighted by molar-refractivity contribution is 5.84. The van der Waals surface area contributed by atoms with Gasteiger partial charge in [0.1, 0.15) is 0 Å². The summed E-state index contributed by atoms with van der Waals surface area (Å²) in [6, 6.07) is 0.00522. The Hall–Kier alpha value is -1.52. The Balaban J connectivity index is 2.11. The molecule has 5 nitrogen and oxygen atoms in total. The Kier molecular flexibility index (Phi) is 6.14. The molecule has 1 saturated carbocycles. The fourth-order valence-electron chi connectivity index (χ4n) is 1.89. The highest BCUT2D eigenvalue weighted by Crippen LogP contribution is 2.16. The molecule has 17 heavy (non-hydrogen) atoms. The van der Waals surface area contributed by atoms with Crippen molar-refractivity contribution in [3.63, 3.8) is 0 Å². The molecule has 1 aliphatic carbocycles. The maximum atomic E-state index is 11.5. The van der Waals surface area contributed by atoms with Crippen LogP contribution in [0, 0.1) is 0 Å². The normalized spacial score (nSPS) is 16.0. The van der Waals surface area contributed by atoms with Crippen molar-refractivity contribution in [3.8, 4) is 0 Å². The lowest BCUT2D eigenvalue weighted by atomic mass is 9.96. The van der Waals surface area contributed by atoms with E-state index in [-0.39, 0.29) is 24.5 Å². The van der Waals surface area contributed by atoms with Gasteiger partial charge in [-0.15, -0.1) is 6.58 Å². The minimum Gasteiger partial charge on any atom is -0.351 e. The molecule has 3 N–H and O–H groups in total. The molecule has 1 rings (SSSR count). The molecule has 0 aromatic carbocycles. The second-order valence-corrected chi connectivity index (χ2v) is 4.25. The van der Waals surface area contributed by atoms with Crippen LogP contribution < -0.4 is 16.0 Å². The zero-order chi connectivity index (χ0) is 12.5. The first-order chi connectivity index (χ1) is 8.22. The van der Waals surface area contributed by atoms with Crippen LogP contribution in [0.15, 0.2) is 12.7 Å². The molecular weight excluding hydrogens is 218 g/mol. The molecule has 0 spiro atoms. The summed E-state index contributed by atoms with van der Waals surface area (Å²) in [4.78, 5) is 22.7. The summed E-state index contributed by atoms with van der Waals surface area (Å²) in [7, 11) is 0. The third-order valence-corrected chi connectivity index (χ3v) is 2.79. The maximum Gasteiger partial charge on any atom is 0.315 e. The van der Waals surface area contributed by atoms with Crippen molar-refractivity contribution in [1.82, 2.24) is 16.0 Å². The fourth-order valence-corrected chi connectivity index (χ4v) is 1.89. The lowest BCUT2D eigenvalue weighted by Crippen LogP contribution is -2.46. The van der Waals surface area contributed by atoms with Crippen molar-refractivity contribution in [1.29, 1.82) is 0 Å². The van der Waals surface area contributed by atoms with Gasteiger partial charge in [0.25, 0.3) is 0 Å². The fraction of sp³-hybridized carbons (Fsp3) is 0.667. The molecule has 0 aromatic rings. The summed E-state index contributed by atoms with van der Waals surface area (Å²) in [6.45, 7) is 3.92. The van der Waals surface area contributed by atoms with E-state index < -0.39 is 0 Å². The zero-order valence-corrected chi connectivity index (χ0v) is 10.1. The van der Waals surface area contributed by atoms with E-state index >= 15 is 0 Å². The second kappa shape index (κ2) is 7.70.